The highest BCUT2D eigenvalue weighted by molar-refractivity contribution is 5.83. The minimum atomic E-state index is 0.680. The molecule has 0 saturated heterocycles. The molecule has 0 aliphatic heterocycles. The molecule has 0 radical (unpaired) electrons. The average Bonchev–Trinajstić information content (AvgIpc) is 3.06. The lowest BCUT2D eigenvalue weighted by atomic mass is 10.1. The van der Waals surface area contributed by atoms with Crippen molar-refractivity contribution in [2.45, 2.75) is 0 Å². The third-order valence-corrected chi connectivity index (χ3v) is 3.69. The average molecular weight is 302 g/mol. The molecule has 0 bridgehead atoms. The summed E-state index contributed by atoms with van der Waals surface area (Å²) in [5, 5.41) is 0.973. The lowest BCUT2D eigenvalue weighted by Gasteiger charge is -2.02. The van der Waals surface area contributed by atoms with Gasteiger partial charge in [-0.3, -0.25) is 4.98 Å². The van der Waals surface area contributed by atoms with Gasteiger partial charge in [0.1, 0.15) is 11.4 Å². The maximum Gasteiger partial charge on any atom is 0.161 e. The van der Waals surface area contributed by atoms with Gasteiger partial charge in [0.2, 0.25) is 0 Å². The third-order valence-electron chi connectivity index (χ3n) is 3.69. The number of methoxy groups -OCH3 is 1. The summed E-state index contributed by atoms with van der Waals surface area (Å²) < 4.78 is 5.28. The molecule has 5 heteroatoms. The molecule has 3 heterocycles. The lowest BCUT2D eigenvalue weighted by molar-refractivity contribution is 0.415. The lowest BCUT2D eigenvalue weighted by Crippen LogP contribution is -1.89. The van der Waals surface area contributed by atoms with Gasteiger partial charge >= 0.3 is 0 Å². The van der Waals surface area contributed by atoms with Crippen LogP contribution >= 0.6 is 0 Å². The summed E-state index contributed by atoms with van der Waals surface area (Å²) in [5.74, 6) is 1.50. The molecule has 23 heavy (non-hydrogen) atoms. The fourth-order valence-corrected chi connectivity index (χ4v) is 2.50. The van der Waals surface area contributed by atoms with E-state index in [-0.39, 0.29) is 0 Å². The first-order chi connectivity index (χ1) is 11.3. The molecular formula is C18H14N4O. The first-order valence-corrected chi connectivity index (χ1v) is 7.24. The number of hydrogen-bond donors (Lipinski definition) is 1. The Balaban J connectivity index is 1.79. The summed E-state index contributed by atoms with van der Waals surface area (Å²) >= 11 is 0. The second-order valence-electron chi connectivity index (χ2n) is 5.15. The number of nitrogens with zero attached hydrogens (tertiary/aromatic N) is 3. The molecule has 0 amide bonds. The SMILES string of the molecule is COc1cccc(-c2cc3cnc(-c4ccncc4)nc3[nH]2)c1. The van der Waals surface area contributed by atoms with Gasteiger partial charge in [0, 0.05) is 40.8 Å². The smallest absolute Gasteiger partial charge is 0.161 e. The fourth-order valence-electron chi connectivity index (χ4n) is 2.50. The molecule has 112 valence electrons. The number of aromatic amines is 1. The summed E-state index contributed by atoms with van der Waals surface area (Å²) in [5.41, 5.74) is 3.79. The molecule has 0 saturated carbocycles. The van der Waals surface area contributed by atoms with Gasteiger partial charge in [0.05, 0.1) is 7.11 Å². The predicted octanol–water partition coefficient (Wildman–Crippen LogP) is 3.70. The largest absolute Gasteiger partial charge is 0.497 e. The van der Waals surface area contributed by atoms with E-state index in [2.05, 4.69) is 19.9 Å². The van der Waals surface area contributed by atoms with Gasteiger partial charge in [-0.15, -0.1) is 0 Å². The van der Waals surface area contributed by atoms with Crippen molar-refractivity contribution in [2.75, 3.05) is 7.11 Å². The Labute approximate surface area is 133 Å². The second-order valence-corrected chi connectivity index (χ2v) is 5.15. The van der Waals surface area contributed by atoms with Crippen LogP contribution in [0.4, 0.5) is 0 Å². The van der Waals surface area contributed by atoms with Crippen LogP contribution in [0.1, 0.15) is 0 Å². The standard InChI is InChI=1S/C18H14N4O/c1-23-15-4-2-3-13(9-15)16-10-14-11-20-17(22-18(14)21-16)12-5-7-19-8-6-12/h2-11H,1H3,(H,20,21,22). The highest BCUT2D eigenvalue weighted by Gasteiger charge is 2.08. The Morgan fingerprint density at radius 3 is 2.70 bits per heavy atom. The molecule has 0 fully saturated rings. The number of H-pyrrole nitrogens is 1. The van der Waals surface area contributed by atoms with E-state index < -0.39 is 0 Å². The van der Waals surface area contributed by atoms with Crippen molar-refractivity contribution >= 4 is 11.0 Å². The Hall–Kier alpha value is -3.21. The van der Waals surface area contributed by atoms with E-state index in [1.807, 2.05) is 48.7 Å². The summed E-state index contributed by atoms with van der Waals surface area (Å²) in [7, 11) is 1.66. The summed E-state index contributed by atoms with van der Waals surface area (Å²) in [6.07, 6.45) is 5.30. The summed E-state index contributed by atoms with van der Waals surface area (Å²) in [4.78, 5) is 16.4. The third kappa shape index (κ3) is 2.53. The van der Waals surface area contributed by atoms with E-state index in [0.29, 0.717) is 5.82 Å². The zero-order valence-electron chi connectivity index (χ0n) is 12.5. The number of benzene rings is 1. The molecule has 0 aliphatic rings. The molecule has 4 rings (SSSR count). The Morgan fingerprint density at radius 2 is 1.87 bits per heavy atom. The maximum absolute atomic E-state index is 5.28. The van der Waals surface area contributed by atoms with Crippen LogP contribution in [0.2, 0.25) is 0 Å². The van der Waals surface area contributed by atoms with E-state index in [0.717, 1.165) is 33.6 Å². The predicted molar refractivity (Wildman–Crippen MR) is 89.1 cm³/mol. The fraction of sp³-hybridized carbons (Fsp3) is 0.0556. The first kappa shape index (κ1) is 13.5. The highest BCUT2D eigenvalue weighted by atomic mass is 16.5. The van der Waals surface area contributed by atoms with Crippen LogP contribution in [0, 0.1) is 0 Å². The van der Waals surface area contributed by atoms with Crippen molar-refractivity contribution in [3.05, 3.63) is 61.1 Å². The number of hydrogen-bond acceptors (Lipinski definition) is 4. The van der Waals surface area contributed by atoms with Crippen molar-refractivity contribution in [3.63, 3.8) is 0 Å². The number of ether oxygens (including phenoxy) is 1. The molecule has 0 spiro atoms. The summed E-state index contributed by atoms with van der Waals surface area (Å²) in [6, 6.07) is 13.7. The van der Waals surface area contributed by atoms with Crippen LogP contribution in [0.5, 0.6) is 5.75 Å². The van der Waals surface area contributed by atoms with Crippen molar-refractivity contribution in [3.8, 4) is 28.4 Å². The second kappa shape index (κ2) is 5.53. The molecule has 1 N–H and O–H groups in total. The first-order valence-electron chi connectivity index (χ1n) is 7.24. The van der Waals surface area contributed by atoms with E-state index in [4.69, 9.17) is 4.74 Å². The van der Waals surface area contributed by atoms with Crippen LogP contribution in [0.25, 0.3) is 33.7 Å². The molecule has 5 nitrogen and oxygen atoms in total. The number of pyridine rings is 1. The number of nitrogens with one attached hydrogen (secondary N) is 1. The van der Waals surface area contributed by atoms with Gasteiger partial charge in [-0.25, -0.2) is 9.97 Å². The minimum absolute atomic E-state index is 0.680. The minimum Gasteiger partial charge on any atom is -0.497 e. The van der Waals surface area contributed by atoms with Crippen molar-refractivity contribution in [1.82, 2.24) is 19.9 Å². The van der Waals surface area contributed by atoms with Crippen LogP contribution in [0.15, 0.2) is 61.1 Å². The molecule has 1 aromatic carbocycles. The molecular weight excluding hydrogens is 288 g/mol. The van der Waals surface area contributed by atoms with Crippen LogP contribution < -0.4 is 4.74 Å². The van der Waals surface area contributed by atoms with Crippen LogP contribution in [-0.4, -0.2) is 27.0 Å². The van der Waals surface area contributed by atoms with Gasteiger partial charge in [-0.05, 0) is 30.3 Å². The zero-order valence-corrected chi connectivity index (χ0v) is 12.5. The topological polar surface area (TPSA) is 63.7 Å². The van der Waals surface area contributed by atoms with Crippen molar-refractivity contribution < 1.29 is 4.74 Å². The van der Waals surface area contributed by atoms with Crippen LogP contribution in [-0.2, 0) is 0 Å². The number of rotatable bonds is 3. The molecule has 0 atom stereocenters. The Morgan fingerprint density at radius 1 is 1.00 bits per heavy atom. The van der Waals surface area contributed by atoms with E-state index in [1.54, 1.807) is 19.5 Å². The van der Waals surface area contributed by atoms with Gasteiger partial charge in [-0.2, -0.15) is 0 Å². The van der Waals surface area contributed by atoms with Gasteiger partial charge in [-0.1, -0.05) is 12.1 Å². The Kier molecular flexibility index (Phi) is 3.24. The van der Waals surface area contributed by atoms with Crippen molar-refractivity contribution in [2.24, 2.45) is 0 Å². The maximum atomic E-state index is 5.28. The summed E-state index contributed by atoms with van der Waals surface area (Å²) in [6.45, 7) is 0. The number of fused-ring (bicyclic) bond motifs is 1. The Bertz CT molecular complexity index is 963. The normalized spacial score (nSPS) is 10.8. The molecule has 0 unspecified atom stereocenters. The van der Waals surface area contributed by atoms with E-state index in [9.17, 15) is 0 Å². The molecule has 4 aromatic rings. The number of aromatic nitrogens is 4. The molecule has 3 aromatic heterocycles. The van der Waals surface area contributed by atoms with E-state index >= 15 is 0 Å². The highest BCUT2D eigenvalue weighted by Crippen LogP contribution is 2.26. The van der Waals surface area contributed by atoms with E-state index in [1.165, 1.54) is 0 Å². The van der Waals surface area contributed by atoms with Gasteiger partial charge in [0.15, 0.2) is 5.82 Å². The van der Waals surface area contributed by atoms with Gasteiger partial charge in [0.25, 0.3) is 0 Å². The van der Waals surface area contributed by atoms with Crippen molar-refractivity contribution in [1.29, 1.82) is 0 Å². The van der Waals surface area contributed by atoms with Gasteiger partial charge < -0.3 is 9.72 Å². The molecule has 0 aliphatic carbocycles. The monoisotopic (exact) mass is 302 g/mol. The van der Waals surface area contributed by atoms with Crippen LogP contribution in [0.3, 0.4) is 0 Å². The zero-order chi connectivity index (χ0) is 15.6. The quantitative estimate of drug-likeness (QED) is 0.627.